The number of allylic oxidation sites excluding steroid dienone is 2. The number of hydrogen-bond donors (Lipinski definition) is 0. The molecule has 152 valence electrons. The van der Waals surface area contributed by atoms with Gasteiger partial charge in [-0.05, 0) is 87.3 Å². The molecule has 1 aromatic carbocycles. The first kappa shape index (κ1) is 21.0. The lowest BCUT2D eigenvalue weighted by atomic mass is 9.72. The molecule has 0 nitrogen and oxygen atoms in total. The number of rotatable bonds is 5. The topological polar surface area (TPSA) is 0 Å². The molecule has 0 aliphatic heterocycles. The van der Waals surface area contributed by atoms with Gasteiger partial charge in [-0.3, -0.25) is 0 Å². The normalized spacial score (nSPS) is 25.0. The fourth-order valence-electron chi connectivity index (χ4n) is 4.63. The highest BCUT2D eigenvalue weighted by Gasteiger charge is 2.28. The molecule has 2 aliphatic carbocycles. The average Bonchev–Trinajstić information content (AvgIpc) is 2.69. The van der Waals surface area contributed by atoms with Gasteiger partial charge < -0.3 is 0 Å². The van der Waals surface area contributed by atoms with E-state index in [1.165, 1.54) is 12.1 Å². The van der Waals surface area contributed by atoms with Crippen LogP contribution in [0.3, 0.4) is 0 Å². The van der Waals surface area contributed by atoms with E-state index in [1.54, 1.807) is 6.08 Å². The van der Waals surface area contributed by atoms with Crippen LogP contribution in [0.5, 0.6) is 0 Å². The smallest absolute Gasteiger partial charge is 0.142 e. The van der Waals surface area contributed by atoms with Crippen LogP contribution in [0.4, 0.5) is 13.2 Å². The van der Waals surface area contributed by atoms with E-state index in [9.17, 15) is 13.2 Å². The first-order chi connectivity index (χ1) is 13.6. The van der Waals surface area contributed by atoms with Gasteiger partial charge in [0.2, 0.25) is 0 Å². The Morgan fingerprint density at radius 2 is 1.64 bits per heavy atom. The van der Waals surface area contributed by atoms with E-state index < -0.39 is 11.6 Å². The van der Waals surface area contributed by atoms with Crippen LogP contribution in [-0.2, 0) is 6.42 Å². The SMILES string of the molecule is CCCCCc1cc(F)c(C#C[C@H]2CC[C@H](C3CC=C(F)CC3)CC2)c(F)c1. The number of halogens is 3. The first-order valence-corrected chi connectivity index (χ1v) is 10.9. The van der Waals surface area contributed by atoms with Gasteiger partial charge in [-0.1, -0.05) is 37.7 Å². The van der Waals surface area contributed by atoms with Crippen LogP contribution in [-0.4, -0.2) is 0 Å². The third-order valence-electron chi connectivity index (χ3n) is 6.41. The lowest BCUT2D eigenvalue weighted by Gasteiger charge is -2.33. The molecule has 3 rings (SSSR count). The second-order valence-corrected chi connectivity index (χ2v) is 8.46. The molecule has 1 saturated carbocycles. The number of hydrogen-bond acceptors (Lipinski definition) is 0. The predicted molar refractivity (Wildman–Crippen MR) is 108 cm³/mol. The van der Waals surface area contributed by atoms with Crippen LogP contribution in [0.15, 0.2) is 24.0 Å². The average molecular weight is 389 g/mol. The minimum Gasteiger partial charge on any atom is -0.212 e. The van der Waals surface area contributed by atoms with E-state index in [1.807, 2.05) is 0 Å². The molecule has 2 aliphatic rings. The largest absolute Gasteiger partial charge is 0.212 e. The minimum absolute atomic E-state index is 0.0382. The van der Waals surface area contributed by atoms with E-state index in [4.69, 9.17) is 0 Å². The molecule has 0 amide bonds. The van der Waals surface area contributed by atoms with Crippen molar-refractivity contribution in [3.05, 3.63) is 46.8 Å². The molecular formula is C25H31F3. The molecule has 0 aromatic heterocycles. The molecule has 28 heavy (non-hydrogen) atoms. The Morgan fingerprint density at radius 1 is 0.929 bits per heavy atom. The van der Waals surface area contributed by atoms with Crippen LogP contribution >= 0.6 is 0 Å². The maximum Gasteiger partial charge on any atom is 0.142 e. The van der Waals surface area contributed by atoms with E-state index in [2.05, 4.69) is 18.8 Å². The quantitative estimate of drug-likeness (QED) is 0.362. The summed E-state index contributed by atoms with van der Waals surface area (Å²) < 4.78 is 41.9. The van der Waals surface area contributed by atoms with Gasteiger partial charge >= 0.3 is 0 Å². The van der Waals surface area contributed by atoms with Crippen molar-refractivity contribution in [3.8, 4) is 11.8 Å². The van der Waals surface area contributed by atoms with Crippen molar-refractivity contribution in [1.29, 1.82) is 0 Å². The lowest BCUT2D eigenvalue weighted by Crippen LogP contribution is -2.22. The highest BCUT2D eigenvalue weighted by molar-refractivity contribution is 5.39. The van der Waals surface area contributed by atoms with Crippen LogP contribution in [0.25, 0.3) is 0 Å². The summed E-state index contributed by atoms with van der Waals surface area (Å²) in [6.07, 6.45) is 12.1. The van der Waals surface area contributed by atoms with Crippen molar-refractivity contribution in [2.75, 3.05) is 0 Å². The number of unbranched alkanes of at least 4 members (excludes halogenated alkanes) is 2. The van der Waals surface area contributed by atoms with Gasteiger partial charge in [-0.15, -0.1) is 0 Å². The van der Waals surface area contributed by atoms with Crippen molar-refractivity contribution in [2.45, 2.75) is 77.6 Å². The summed E-state index contributed by atoms with van der Waals surface area (Å²) >= 11 is 0. The Bertz CT molecular complexity index is 722. The van der Waals surface area contributed by atoms with E-state index >= 15 is 0 Å². The van der Waals surface area contributed by atoms with Crippen LogP contribution < -0.4 is 0 Å². The summed E-state index contributed by atoms with van der Waals surface area (Å²) in [7, 11) is 0. The zero-order valence-corrected chi connectivity index (χ0v) is 16.9. The van der Waals surface area contributed by atoms with Crippen molar-refractivity contribution in [3.63, 3.8) is 0 Å². The van der Waals surface area contributed by atoms with Crippen LogP contribution in [0.2, 0.25) is 0 Å². The molecule has 1 atom stereocenters. The minimum atomic E-state index is -0.538. The van der Waals surface area contributed by atoms with Gasteiger partial charge in [0.1, 0.15) is 11.6 Å². The summed E-state index contributed by atoms with van der Waals surface area (Å²) in [6, 6.07) is 2.88. The zero-order valence-electron chi connectivity index (χ0n) is 16.9. The standard InChI is InChI=1S/C25H31F3/c1-2-3-4-5-19-16-24(27)23(25(28)17-19)15-8-18-6-9-20(10-7-18)21-11-13-22(26)14-12-21/h13,16-18,20-21H,2-7,9-12,14H2,1H3/t18-,20-,21?. The van der Waals surface area contributed by atoms with Crippen LogP contribution in [0.1, 0.15) is 82.3 Å². The first-order valence-electron chi connectivity index (χ1n) is 10.9. The maximum atomic E-state index is 14.3. The van der Waals surface area contributed by atoms with Gasteiger partial charge in [0.05, 0.1) is 11.4 Å². The van der Waals surface area contributed by atoms with Crippen molar-refractivity contribution in [2.24, 2.45) is 17.8 Å². The molecule has 0 bridgehead atoms. The summed E-state index contributed by atoms with van der Waals surface area (Å²) in [4.78, 5) is 0. The number of aryl methyl sites for hydroxylation is 1. The molecule has 3 heteroatoms. The molecule has 0 spiro atoms. The van der Waals surface area contributed by atoms with Gasteiger partial charge in [-0.2, -0.15) is 0 Å². The summed E-state index contributed by atoms with van der Waals surface area (Å²) in [6.45, 7) is 2.11. The van der Waals surface area contributed by atoms with Gasteiger partial charge in [0, 0.05) is 5.92 Å². The van der Waals surface area contributed by atoms with Crippen molar-refractivity contribution < 1.29 is 13.2 Å². The molecule has 0 radical (unpaired) electrons. The molecular weight excluding hydrogens is 357 g/mol. The fourth-order valence-corrected chi connectivity index (χ4v) is 4.63. The van der Waals surface area contributed by atoms with E-state index in [0.29, 0.717) is 30.2 Å². The van der Waals surface area contributed by atoms with E-state index in [0.717, 1.165) is 57.8 Å². The van der Waals surface area contributed by atoms with Crippen LogP contribution in [0, 0.1) is 41.2 Å². The Kier molecular flexibility index (Phi) is 7.65. The molecule has 1 aromatic rings. The molecule has 1 fully saturated rings. The Hall–Kier alpha value is -1.69. The van der Waals surface area contributed by atoms with E-state index in [-0.39, 0.29) is 17.3 Å². The summed E-state index contributed by atoms with van der Waals surface area (Å²) in [5.41, 5.74) is 0.627. The Morgan fingerprint density at radius 3 is 2.25 bits per heavy atom. The lowest BCUT2D eigenvalue weighted by molar-refractivity contribution is 0.208. The second-order valence-electron chi connectivity index (χ2n) is 8.46. The molecule has 0 N–H and O–H groups in total. The van der Waals surface area contributed by atoms with Crippen molar-refractivity contribution >= 4 is 0 Å². The van der Waals surface area contributed by atoms with Crippen molar-refractivity contribution in [1.82, 2.24) is 0 Å². The Balaban J connectivity index is 1.56. The summed E-state index contributed by atoms with van der Waals surface area (Å²) in [5.74, 6) is 6.30. The number of benzene rings is 1. The predicted octanol–water partition coefficient (Wildman–Crippen LogP) is 7.51. The van der Waals surface area contributed by atoms with Gasteiger partial charge in [-0.25, -0.2) is 13.2 Å². The molecule has 1 unspecified atom stereocenters. The summed E-state index contributed by atoms with van der Waals surface area (Å²) in [5, 5.41) is 0. The highest BCUT2D eigenvalue weighted by Crippen LogP contribution is 2.39. The molecule has 0 saturated heterocycles. The van der Waals surface area contributed by atoms with Gasteiger partial charge in [0.25, 0.3) is 0 Å². The third-order valence-corrected chi connectivity index (χ3v) is 6.41. The Labute approximate surface area is 167 Å². The zero-order chi connectivity index (χ0) is 19.9. The molecule has 0 heterocycles. The highest BCUT2D eigenvalue weighted by atomic mass is 19.1. The maximum absolute atomic E-state index is 14.3. The second kappa shape index (κ2) is 10.2. The third kappa shape index (κ3) is 5.66. The fraction of sp³-hybridized carbons (Fsp3) is 0.600. The van der Waals surface area contributed by atoms with Gasteiger partial charge in [0.15, 0.2) is 0 Å². The monoisotopic (exact) mass is 388 g/mol.